The number of rotatable bonds is 8. The molecule has 0 aromatic heterocycles. The maximum atomic E-state index is 12.3. The van der Waals surface area contributed by atoms with Crippen molar-refractivity contribution in [3.8, 4) is 0 Å². The third-order valence-corrected chi connectivity index (χ3v) is 4.69. The minimum absolute atomic E-state index is 0.226. The van der Waals surface area contributed by atoms with Gasteiger partial charge in [0.05, 0.1) is 7.11 Å². The average molecular weight is 295 g/mol. The Labute approximate surface area is 126 Å². The lowest BCUT2D eigenvalue weighted by Gasteiger charge is -2.31. The van der Waals surface area contributed by atoms with Crippen molar-refractivity contribution in [2.24, 2.45) is 5.92 Å². The molecule has 4 heteroatoms. The van der Waals surface area contributed by atoms with Gasteiger partial charge >= 0.3 is 5.97 Å². The second-order valence-electron chi connectivity index (χ2n) is 5.23. The molecule has 0 spiro atoms. The predicted octanol–water partition coefficient (Wildman–Crippen LogP) is 3.05. The van der Waals surface area contributed by atoms with Gasteiger partial charge in [0.15, 0.2) is 0 Å². The van der Waals surface area contributed by atoms with Crippen LogP contribution in [0.3, 0.4) is 0 Å². The monoisotopic (exact) mass is 295 g/mol. The van der Waals surface area contributed by atoms with E-state index in [4.69, 9.17) is 4.74 Å². The second-order valence-corrected chi connectivity index (χ2v) is 6.38. The fourth-order valence-corrected chi connectivity index (χ4v) is 3.27. The van der Waals surface area contributed by atoms with Gasteiger partial charge in [0.25, 0.3) is 0 Å². The molecular formula is C16H25NO2S. The quantitative estimate of drug-likeness (QED) is 0.591. The van der Waals surface area contributed by atoms with Crippen LogP contribution < -0.4 is 5.32 Å². The molecule has 0 aliphatic heterocycles. The highest BCUT2D eigenvalue weighted by Crippen LogP contribution is 2.28. The van der Waals surface area contributed by atoms with Crippen molar-refractivity contribution in [2.75, 3.05) is 25.7 Å². The van der Waals surface area contributed by atoms with Gasteiger partial charge in [-0.25, -0.2) is 4.79 Å². The molecule has 0 saturated carbocycles. The van der Waals surface area contributed by atoms with E-state index in [9.17, 15) is 4.79 Å². The molecule has 0 aliphatic rings. The molecule has 1 aromatic carbocycles. The third-order valence-electron chi connectivity index (χ3n) is 3.30. The number of hydrogen-bond donors (Lipinski definition) is 1. The van der Waals surface area contributed by atoms with E-state index < -0.39 is 5.54 Å². The number of ether oxygens (including phenoxy) is 1. The zero-order valence-electron chi connectivity index (χ0n) is 12.8. The summed E-state index contributed by atoms with van der Waals surface area (Å²) in [5, 5.41) is 3.18. The van der Waals surface area contributed by atoms with E-state index in [1.807, 2.05) is 49.1 Å². The minimum Gasteiger partial charge on any atom is -0.467 e. The van der Waals surface area contributed by atoms with E-state index in [0.29, 0.717) is 5.92 Å². The maximum Gasteiger partial charge on any atom is 0.330 e. The Bertz CT molecular complexity index is 408. The van der Waals surface area contributed by atoms with Gasteiger partial charge in [-0.1, -0.05) is 44.2 Å². The maximum absolute atomic E-state index is 12.3. The van der Waals surface area contributed by atoms with E-state index in [1.165, 1.54) is 7.11 Å². The van der Waals surface area contributed by atoms with Crippen LogP contribution in [0.15, 0.2) is 30.3 Å². The molecular weight excluding hydrogens is 270 g/mol. The van der Waals surface area contributed by atoms with Crippen molar-refractivity contribution >= 4 is 17.7 Å². The van der Waals surface area contributed by atoms with Gasteiger partial charge in [-0.15, -0.1) is 0 Å². The Kier molecular flexibility index (Phi) is 7.10. The molecule has 1 N–H and O–H groups in total. The Hall–Kier alpha value is -1.00. The van der Waals surface area contributed by atoms with Crippen LogP contribution in [0.2, 0.25) is 0 Å². The molecule has 1 rings (SSSR count). The molecule has 0 aliphatic carbocycles. The number of carbonyl (C=O) groups excluding carboxylic acids is 1. The highest BCUT2D eigenvalue weighted by atomic mass is 32.2. The Morgan fingerprint density at radius 1 is 1.35 bits per heavy atom. The first kappa shape index (κ1) is 17.1. The number of nitrogens with one attached hydrogen (secondary N) is 1. The Morgan fingerprint density at radius 2 is 2.00 bits per heavy atom. The number of carbonyl (C=O) groups is 1. The number of esters is 1. The third kappa shape index (κ3) is 4.25. The normalized spacial score (nSPS) is 14.1. The number of thioether (sulfide) groups is 1. The van der Waals surface area contributed by atoms with E-state index in [0.717, 1.165) is 23.5 Å². The fraction of sp³-hybridized carbons (Fsp3) is 0.562. The molecule has 1 aromatic rings. The van der Waals surface area contributed by atoms with Crippen LogP contribution in [0.5, 0.6) is 0 Å². The van der Waals surface area contributed by atoms with Gasteiger partial charge in [-0.3, -0.25) is 0 Å². The zero-order valence-corrected chi connectivity index (χ0v) is 13.6. The van der Waals surface area contributed by atoms with E-state index in [1.54, 1.807) is 0 Å². The van der Waals surface area contributed by atoms with Gasteiger partial charge in [0.2, 0.25) is 0 Å². The number of benzene rings is 1. The van der Waals surface area contributed by atoms with Gasteiger partial charge in [-0.2, -0.15) is 11.8 Å². The van der Waals surface area contributed by atoms with Gasteiger partial charge < -0.3 is 10.1 Å². The summed E-state index contributed by atoms with van der Waals surface area (Å²) in [5.41, 5.74) is 0.208. The Balaban J connectivity index is 2.87. The highest BCUT2D eigenvalue weighted by molar-refractivity contribution is 7.99. The van der Waals surface area contributed by atoms with Crippen molar-refractivity contribution in [3.63, 3.8) is 0 Å². The first-order valence-corrected chi connectivity index (χ1v) is 8.13. The molecule has 112 valence electrons. The van der Waals surface area contributed by atoms with Gasteiger partial charge in [0.1, 0.15) is 5.54 Å². The van der Waals surface area contributed by atoms with Crippen LogP contribution in [0.25, 0.3) is 0 Å². The molecule has 20 heavy (non-hydrogen) atoms. The van der Waals surface area contributed by atoms with Crippen LogP contribution >= 0.6 is 11.8 Å². The molecule has 0 saturated heterocycles. The zero-order chi connectivity index (χ0) is 15.0. The van der Waals surface area contributed by atoms with E-state index in [2.05, 4.69) is 19.2 Å². The SMILES string of the molecule is CNC(CCSCC(C)C)(C(=O)OC)c1ccccc1. The lowest BCUT2D eigenvalue weighted by atomic mass is 9.87. The van der Waals surface area contributed by atoms with Gasteiger partial charge in [0, 0.05) is 0 Å². The number of methoxy groups -OCH3 is 1. The smallest absolute Gasteiger partial charge is 0.330 e. The first-order chi connectivity index (χ1) is 9.56. The fourth-order valence-electron chi connectivity index (χ4n) is 2.18. The molecule has 1 unspecified atom stereocenters. The number of hydrogen-bond acceptors (Lipinski definition) is 4. The molecule has 0 bridgehead atoms. The molecule has 1 atom stereocenters. The van der Waals surface area contributed by atoms with Crippen molar-refractivity contribution in [3.05, 3.63) is 35.9 Å². The van der Waals surface area contributed by atoms with Crippen molar-refractivity contribution < 1.29 is 9.53 Å². The van der Waals surface area contributed by atoms with E-state index in [-0.39, 0.29) is 5.97 Å². The summed E-state index contributed by atoms with van der Waals surface area (Å²) in [4.78, 5) is 12.3. The molecule has 0 fully saturated rings. The van der Waals surface area contributed by atoms with Crippen LogP contribution in [0, 0.1) is 5.92 Å². The summed E-state index contributed by atoms with van der Waals surface area (Å²) < 4.78 is 5.03. The molecule has 0 heterocycles. The van der Waals surface area contributed by atoms with Gasteiger partial charge in [-0.05, 0) is 36.5 Å². The summed E-state index contributed by atoms with van der Waals surface area (Å²) in [7, 11) is 3.26. The minimum atomic E-state index is -0.750. The summed E-state index contributed by atoms with van der Waals surface area (Å²) in [6, 6.07) is 9.80. The lowest BCUT2D eigenvalue weighted by molar-refractivity contribution is -0.149. The molecule has 0 amide bonds. The lowest BCUT2D eigenvalue weighted by Crippen LogP contribution is -2.48. The van der Waals surface area contributed by atoms with Crippen LogP contribution in [0.1, 0.15) is 25.8 Å². The Morgan fingerprint density at radius 3 is 2.50 bits per heavy atom. The number of likely N-dealkylation sites (N-methyl/N-ethyl adjacent to an activating group) is 1. The van der Waals surface area contributed by atoms with Crippen molar-refractivity contribution in [1.29, 1.82) is 0 Å². The van der Waals surface area contributed by atoms with Crippen molar-refractivity contribution in [2.45, 2.75) is 25.8 Å². The standard InChI is InChI=1S/C16H25NO2S/c1-13(2)12-20-11-10-16(17-3,15(18)19-4)14-8-6-5-7-9-14/h5-9,13,17H,10-12H2,1-4H3. The summed E-state index contributed by atoms with van der Waals surface area (Å²) >= 11 is 1.88. The molecule has 0 radical (unpaired) electrons. The summed E-state index contributed by atoms with van der Waals surface area (Å²) in [6.07, 6.45) is 0.720. The average Bonchev–Trinajstić information content (AvgIpc) is 2.48. The first-order valence-electron chi connectivity index (χ1n) is 6.97. The summed E-state index contributed by atoms with van der Waals surface area (Å²) in [6.45, 7) is 4.41. The van der Waals surface area contributed by atoms with E-state index >= 15 is 0 Å². The summed E-state index contributed by atoms with van der Waals surface area (Å²) in [5.74, 6) is 2.47. The van der Waals surface area contributed by atoms with Crippen LogP contribution in [-0.2, 0) is 15.1 Å². The topological polar surface area (TPSA) is 38.3 Å². The second kappa shape index (κ2) is 8.32. The predicted molar refractivity (Wildman–Crippen MR) is 86.0 cm³/mol. The van der Waals surface area contributed by atoms with Crippen molar-refractivity contribution in [1.82, 2.24) is 5.32 Å². The van der Waals surface area contributed by atoms with Crippen LogP contribution in [-0.4, -0.2) is 31.6 Å². The van der Waals surface area contributed by atoms with Crippen LogP contribution in [0.4, 0.5) is 0 Å². The highest BCUT2D eigenvalue weighted by Gasteiger charge is 2.39. The molecule has 3 nitrogen and oxygen atoms in total. The largest absolute Gasteiger partial charge is 0.467 e.